The number of ether oxygens (including phenoxy) is 1. The van der Waals surface area contributed by atoms with Gasteiger partial charge in [-0.25, -0.2) is 0 Å². The molecule has 0 bridgehead atoms. The first-order chi connectivity index (χ1) is 12.2. The number of hydrogen-bond donors (Lipinski definition) is 1. The fourth-order valence-electron chi connectivity index (χ4n) is 4.29. The van der Waals surface area contributed by atoms with Gasteiger partial charge in [-0.2, -0.15) is 0 Å². The number of benzene rings is 1. The zero-order valence-corrected chi connectivity index (χ0v) is 15.7. The Balaban J connectivity index is 1.63. The van der Waals surface area contributed by atoms with Gasteiger partial charge in [0, 0.05) is 13.1 Å². The van der Waals surface area contributed by atoms with Crippen LogP contribution in [-0.2, 0) is 16.0 Å². The summed E-state index contributed by atoms with van der Waals surface area (Å²) in [6.07, 6.45) is 6.29. The van der Waals surface area contributed by atoms with Crippen LogP contribution in [0.4, 0.5) is 0 Å². The molecule has 1 amide bonds. The van der Waals surface area contributed by atoms with Crippen molar-refractivity contribution in [2.45, 2.75) is 58.0 Å². The van der Waals surface area contributed by atoms with E-state index in [-0.39, 0.29) is 18.0 Å². The fourth-order valence-corrected chi connectivity index (χ4v) is 4.29. The monoisotopic (exact) mass is 344 g/mol. The van der Waals surface area contributed by atoms with Crippen LogP contribution in [0.5, 0.6) is 0 Å². The Morgan fingerprint density at radius 1 is 1.32 bits per heavy atom. The normalized spacial score (nSPS) is 23.5. The lowest BCUT2D eigenvalue weighted by Gasteiger charge is -2.36. The maximum absolute atomic E-state index is 12.9. The molecule has 1 aromatic carbocycles. The van der Waals surface area contributed by atoms with Crippen molar-refractivity contribution in [3.63, 3.8) is 0 Å². The predicted molar refractivity (Wildman–Crippen MR) is 101 cm³/mol. The number of nitrogens with one attached hydrogen (secondary N) is 1. The van der Waals surface area contributed by atoms with Crippen molar-refractivity contribution in [1.82, 2.24) is 10.2 Å². The van der Waals surface area contributed by atoms with Crippen molar-refractivity contribution in [1.29, 1.82) is 0 Å². The molecule has 1 aliphatic heterocycles. The van der Waals surface area contributed by atoms with Crippen molar-refractivity contribution in [2.75, 3.05) is 26.3 Å². The minimum atomic E-state index is -0.148. The molecule has 4 nitrogen and oxygen atoms in total. The lowest BCUT2D eigenvalue weighted by molar-refractivity contribution is -0.133. The van der Waals surface area contributed by atoms with Crippen LogP contribution in [0.25, 0.3) is 0 Å². The molecule has 2 atom stereocenters. The summed E-state index contributed by atoms with van der Waals surface area (Å²) < 4.78 is 5.63. The Morgan fingerprint density at radius 2 is 2.08 bits per heavy atom. The van der Waals surface area contributed by atoms with Crippen LogP contribution in [0, 0.1) is 5.92 Å². The maximum atomic E-state index is 12.9. The van der Waals surface area contributed by atoms with Gasteiger partial charge in [0.1, 0.15) is 6.04 Å². The number of rotatable bonds is 6. The molecule has 2 aliphatic rings. The summed E-state index contributed by atoms with van der Waals surface area (Å²) in [5, 5.41) is 3.23. The highest BCUT2D eigenvalue weighted by molar-refractivity contribution is 5.82. The molecule has 1 heterocycles. The van der Waals surface area contributed by atoms with Crippen molar-refractivity contribution in [2.24, 2.45) is 5.92 Å². The lowest BCUT2D eigenvalue weighted by atomic mass is 9.99. The van der Waals surface area contributed by atoms with Gasteiger partial charge in [0.25, 0.3) is 0 Å². The smallest absolute Gasteiger partial charge is 0.240 e. The van der Waals surface area contributed by atoms with Gasteiger partial charge >= 0.3 is 0 Å². The first-order valence-corrected chi connectivity index (χ1v) is 9.89. The van der Waals surface area contributed by atoms with Crippen LogP contribution < -0.4 is 5.32 Å². The van der Waals surface area contributed by atoms with Crippen molar-refractivity contribution in [3.05, 3.63) is 35.4 Å². The van der Waals surface area contributed by atoms with E-state index in [4.69, 9.17) is 4.74 Å². The van der Waals surface area contributed by atoms with Gasteiger partial charge in [0.15, 0.2) is 0 Å². The Labute approximate surface area is 151 Å². The number of carbonyl (C=O) groups excluding carboxylic acids is 1. The number of nitrogens with zero attached hydrogens (tertiary/aromatic N) is 1. The average Bonchev–Trinajstić information content (AvgIpc) is 3.15. The summed E-state index contributed by atoms with van der Waals surface area (Å²) in [5.41, 5.74) is 2.52. The third-order valence-electron chi connectivity index (χ3n) is 5.77. The fraction of sp³-hybridized carbons (Fsp3) is 0.667. The van der Waals surface area contributed by atoms with E-state index in [2.05, 4.69) is 42.3 Å². The Hall–Kier alpha value is -1.39. The van der Waals surface area contributed by atoms with Gasteiger partial charge < -0.3 is 10.1 Å². The maximum Gasteiger partial charge on any atom is 0.240 e. The van der Waals surface area contributed by atoms with E-state index >= 15 is 0 Å². The summed E-state index contributed by atoms with van der Waals surface area (Å²) in [7, 11) is 0. The number of hydrogen-bond acceptors (Lipinski definition) is 3. The zero-order chi connectivity index (χ0) is 17.6. The van der Waals surface area contributed by atoms with Crippen molar-refractivity contribution >= 4 is 5.91 Å². The van der Waals surface area contributed by atoms with Crippen molar-refractivity contribution in [3.8, 4) is 0 Å². The molecule has 3 rings (SSSR count). The molecule has 138 valence electrons. The van der Waals surface area contributed by atoms with Gasteiger partial charge in [-0.3, -0.25) is 9.69 Å². The molecular weight excluding hydrogens is 312 g/mol. The largest absolute Gasteiger partial charge is 0.378 e. The highest BCUT2D eigenvalue weighted by atomic mass is 16.5. The molecule has 1 saturated heterocycles. The van der Waals surface area contributed by atoms with Crippen LogP contribution >= 0.6 is 0 Å². The molecule has 1 N–H and O–H groups in total. The topological polar surface area (TPSA) is 41.6 Å². The lowest BCUT2D eigenvalue weighted by Crippen LogP contribution is -2.55. The van der Waals surface area contributed by atoms with E-state index in [0.29, 0.717) is 6.61 Å². The van der Waals surface area contributed by atoms with Gasteiger partial charge in [0.05, 0.1) is 19.3 Å². The first kappa shape index (κ1) is 18.4. The van der Waals surface area contributed by atoms with Gasteiger partial charge in [-0.15, -0.1) is 0 Å². The number of carbonyl (C=O) groups is 1. The van der Waals surface area contributed by atoms with E-state index in [0.717, 1.165) is 32.0 Å². The van der Waals surface area contributed by atoms with Crippen LogP contribution in [0.1, 0.15) is 56.7 Å². The Bertz CT molecular complexity index is 569. The van der Waals surface area contributed by atoms with Gasteiger partial charge in [-0.1, -0.05) is 44.0 Å². The second-order valence-electron chi connectivity index (χ2n) is 7.52. The summed E-state index contributed by atoms with van der Waals surface area (Å²) in [6.45, 7) is 7.41. The minimum absolute atomic E-state index is 0.0268. The molecule has 25 heavy (non-hydrogen) atoms. The molecule has 4 heteroatoms. The quantitative estimate of drug-likeness (QED) is 0.861. The molecule has 0 aromatic heterocycles. The molecule has 1 aliphatic carbocycles. The highest BCUT2D eigenvalue weighted by Crippen LogP contribution is 2.27. The van der Waals surface area contributed by atoms with Crippen LogP contribution in [0.15, 0.2) is 24.3 Å². The third kappa shape index (κ3) is 4.62. The minimum Gasteiger partial charge on any atom is -0.378 e. The van der Waals surface area contributed by atoms with E-state index < -0.39 is 0 Å². The second-order valence-corrected chi connectivity index (χ2v) is 7.52. The van der Waals surface area contributed by atoms with E-state index in [9.17, 15) is 4.79 Å². The molecule has 2 unspecified atom stereocenters. The number of amides is 1. The number of morpholine rings is 1. The van der Waals surface area contributed by atoms with E-state index in [1.807, 2.05) is 6.07 Å². The Kier molecular flexibility index (Phi) is 6.49. The highest BCUT2D eigenvalue weighted by Gasteiger charge is 2.32. The standard InChI is InChI=1S/C21H32N2O2/c1-3-18-10-6-7-11-19(18)16(2)22-21(24)20-15-25-13-12-23(20)14-17-8-4-5-9-17/h6-7,10-11,16-17,20H,3-5,8-9,12-15H2,1-2H3,(H,22,24). The van der Waals surface area contributed by atoms with Crippen LogP contribution in [-0.4, -0.2) is 43.2 Å². The van der Waals surface area contributed by atoms with Crippen LogP contribution in [0.3, 0.4) is 0 Å². The summed E-state index contributed by atoms with van der Waals surface area (Å²) >= 11 is 0. The third-order valence-corrected chi connectivity index (χ3v) is 5.77. The van der Waals surface area contributed by atoms with Gasteiger partial charge in [0.2, 0.25) is 5.91 Å². The van der Waals surface area contributed by atoms with E-state index in [1.54, 1.807) is 0 Å². The molecular formula is C21H32N2O2. The molecule has 2 fully saturated rings. The van der Waals surface area contributed by atoms with E-state index in [1.165, 1.54) is 36.8 Å². The molecule has 1 aromatic rings. The summed E-state index contributed by atoms with van der Waals surface area (Å²) in [4.78, 5) is 15.3. The zero-order valence-electron chi connectivity index (χ0n) is 15.7. The average molecular weight is 344 g/mol. The number of aryl methyl sites for hydroxylation is 1. The first-order valence-electron chi connectivity index (χ1n) is 9.89. The van der Waals surface area contributed by atoms with Crippen LogP contribution in [0.2, 0.25) is 0 Å². The Morgan fingerprint density at radius 3 is 2.84 bits per heavy atom. The summed E-state index contributed by atoms with van der Waals surface area (Å²) in [6, 6.07) is 8.26. The molecule has 1 saturated carbocycles. The van der Waals surface area contributed by atoms with Crippen molar-refractivity contribution < 1.29 is 9.53 Å². The molecule has 0 radical (unpaired) electrons. The molecule has 0 spiro atoms. The predicted octanol–water partition coefficient (Wildman–Crippen LogP) is 3.32. The second kappa shape index (κ2) is 8.81. The SMILES string of the molecule is CCc1ccccc1C(C)NC(=O)C1COCCN1CC1CCCC1. The van der Waals surface area contributed by atoms with Gasteiger partial charge in [-0.05, 0) is 43.2 Å². The summed E-state index contributed by atoms with van der Waals surface area (Å²) in [5.74, 6) is 0.864.